The molecule has 0 amide bonds. The van der Waals surface area contributed by atoms with Crippen molar-refractivity contribution in [3.63, 3.8) is 0 Å². The van der Waals surface area contributed by atoms with E-state index in [1.165, 1.54) is 12.1 Å². The highest BCUT2D eigenvalue weighted by molar-refractivity contribution is 5.66. The number of benzene rings is 1. The Kier molecular flexibility index (Phi) is 3.74. The summed E-state index contributed by atoms with van der Waals surface area (Å²) in [6, 6.07) is 4.58. The standard InChI is InChI=1S/C16H19F2N/c1-9(2)11-5-16(19-8-11)13-7-15(18)14(17)6-12(13)10(3)4/h5-10,19H,1-4H3. The highest BCUT2D eigenvalue weighted by atomic mass is 19.2. The summed E-state index contributed by atoms with van der Waals surface area (Å²) in [5.41, 5.74) is 3.55. The Hall–Kier alpha value is -1.64. The Morgan fingerprint density at radius 1 is 0.895 bits per heavy atom. The third-order valence-corrected chi connectivity index (χ3v) is 3.38. The van der Waals surface area contributed by atoms with Crippen molar-refractivity contribution in [2.24, 2.45) is 0 Å². The average Bonchev–Trinajstić information content (AvgIpc) is 2.81. The zero-order valence-electron chi connectivity index (χ0n) is 11.7. The lowest BCUT2D eigenvalue weighted by Crippen LogP contribution is -1.97. The van der Waals surface area contributed by atoms with Crippen LogP contribution in [-0.2, 0) is 0 Å². The average molecular weight is 263 g/mol. The molecule has 0 radical (unpaired) electrons. The first-order chi connectivity index (χ1) is 8.90. The maximum Gasteiger partial charge on any atom is 0.159 e. The summed E-state index contributed by atoms with van der Waals surface area (Å²) in [5.74, 6) is -1.06. The molecule has 0 aliphatic rings. The van der Waals surface area contributed by atoms with E-state index in [4.69, 9.17) is 0 Å². The van der Waals surface area contributed by atoms with Gasteiger partial charge in [-0.05, 0) is 41.2 Å². The maximum absolute atomic E-state index is 13.5. The van der Waals surface area contributed by atoms with Crippen LogP contribution in [0.1, 0.15) is 50.7 Å². The van der Waals surface area contributed by atoms with Crippen LogP contribution < -0.4 is 0 Å². The summed E-state index contributed by atoms with van der Waals surface area (Å²) in [5, 5.41) is 0. The summed E-state index contributed by atoms with van der Waals surface area (Å²) < 4.78 is 26.9. The van der Waals surface area contributed by atoms with E-state index in [2.05, 4.69) is 18.8 Å². The Balaban J connectivity index is 2.56. The molecule has 1 aromatic heterocycles. The van der Waals surface area contributed by atoms with E-state index >= 15 is 0 Å². The minimum atomic E-state index is -0.805. The fourth-order valence-electron chi connectivity index (χ4n) is 2.17. The Morgan fingerprint density at radius 2 is 1.53 bits per heavy atom. The molecule has 1 aromatic carbocycles. The fourth-order valence-corrected chi connectivity index (χ4v) is 2.17. The number of aromatic amines is 1. The summed E-state index contributed by atoms with van der Waals surface area (Å²) in [7, 11) is 0. The smallest absolute Gasteiger partial charge is 0.159 e. The first kappa shape index (κ1) is 13.8. The molecule has 0 saturated heterocycles. The first-order valence-corrected chi connectivity index (χ1v) is 6.57. The molecule has 102 valence electrons. The number of halogens is 2. The molecule has 0 aliphatic carbocycles. The van der Waals surface area contributed by atoms with Crippen LogP contribution >= 0.6 is 0 Å². The number of aromatic nitrogens is 1. The highest BCUT2D eigenvalue weighted by Crippen LogP contribution is 2.32. The van der Waals surface area contributed by atoms with E-state index in [-0.39, 0.29) is 5.92 Å². The van der Waals surface area contributed by atoms with Crippen LogP contribution in [0.2, 0.25) is 0 Å². The number of hydrogen-bond donors (Lipinski definition) is 1. The molecular weight excluding hydrogens is 244 g/mol. The van der Waals surface area contributed by atoms with Crippen LogP contribution in [0.3, 0.4) is 0 Å². The predicted molar refractivity (Wildman–Crippen MR) is 74.3 cm³/mol. The summed E-state index contributed by atoms with van der Waals surface area (Å²) in [6.45, 7) is 8.15. The van der Waals surface area contributed by atoms with Crippen LogP contribution in [0.15, 0.2) is 24.4 Å². The SMILES string of the molecule is CC(C)c1c[nH]c(-c2cc(F)c(F)cc2C(C)C)c1. The molecule has 2 rings (SSSR count). The molecule has 0 atom stereocenters. The molecule has 0 aliphatic heterocycles. The quantitative estimate of drug-likeness (QED) is 0.782. The van der Waals surface area contributed by atoms with Gasteiger partial charge in [0.25, 0.3) is 0 Å². The van der Waals surface area contributed by atoms with Crippen molar-refractivity contribution in [2.75, 3.05) is 0 Å². The van der Waals surface area contributed by atoms with Gasteiger partial charge in [0.1, 0.15) is 0 Å². The van der Waals surface area contributed by atoms with E-state index < -0.39 is 11.6 Å². The number of nitrogens with one attached hydrogen (secondary N) is 1. The Labute approximate surface area is 112 Å². The molecule has 1 heterocycles. The lowest BCUT2D eigenvalue weighted by Gasteiger charge is -2.12. The highest BCUT2D eigenvalue weighted by Gasteiger charge is 2.15. The molecule has 0 fully saturated rings. The van der Waals surface area contributed by atoms with Gasteiger partial charge in [-0.2, -0.15) is 0 Å². The molecule has 3 heteroatoms. The van der Waals surface area contributed by atoms with E-state index in [1.807, 2.05) is 26.1 Å². The second-order valence-electron chi connectivity index (χ2n) is 5.51. The predicted octanol–water partition coefficient (Wildman–Crippen LogP) is 5.21. The molecule has 0 unspecified atom stereocenters. The first-order valence-electron chi connectivity index (χ1n) is 6.57. The molecule has 0 saturated carbocycles. The lowest BCUT2D eigenvalue weighted by molar-refractivity contribution is 0.506. The van der Waals surface area contributed by atoms with Crippen LogP contribution in [0.4, 0.5) is 8.78 Å². The molecule has 19 heavy (non-hydrogen) atoms. The van der Waals surface area contributed by atoms with Crippen molar-refractivity contribution in [3.05, 3.63) is 47.2 Å². The number of rotatable bonds is 3. The monoisotopic (exact) mass is 263 g/mol. The third kappa shape index (κ3) is 2.70. The maximum atomic E-state index is 13.5. The zero-order valence-corrected chi connectivity index (χ0v) is 11.7. The fraction of sp³-hybridized carbons (Fsp3) is 0.375. The molecule has 1 N–H and O–H groups in total. The van der Waals surface area contributed by atoms with Gasteiger partial charge < -0.3 is 4.98 Å². The summed E-state index contributed by atoms with van der Waals surface area (Å²) in [4.78, 5) is 3.16. The Morgan fingerprint density at radius 3 is 2.05 bits per heavy atom. The minimum absolute atomic E-state index is 0.135. The van der Waals surface area contributed by atoms with Gasteiger partial charge in [0.05, 0.1) is 0 Å². The van der Waals surface area contributed by atoms with Gasteiger partial charge in [0, 0.05) is 17.5 Å². The molecule has 1 nitrogen and oxygen atoms in total. The third-order valence-electron chi connectivity index (χ3n) is 3.38. The Bertz CT molecular complexity index is 582. The summed E-state index contributed by atoms with van der Waals surface area (Å²) in [6.07, 6.45) is 1.92. The minimum Gasteiger partial charge on any atom is -0.361 e. The van der Waals surface area contributed by atoms with E-state index in [0.717, 1.165) is 22.4 Å². The van der Waals surface area contributed by atoms with Crippen LogP contribution in [0, 0.1) is 11.6 Å². The van der Waals surface area contributed by atoms with Crippen molar-refractivity contribution >= 4 is 0 Å². The normalized spacial score (nSPS) is 11.6. The lowest BCUT2D eigenvalue weighted by atomic mass is 9.94. The largest absolute Gasteiger partial charge is 0.361 e. The van der Waals surface area contributed by atoms with Gasteiger partial charge in [-0.25, -0.2) is 8.78 Å². The van der Waals surface area contributed by atoms with Crippen molar-refractivity contribution in [2.45, 2.75) is 39.5 Å². The molecule has 0 bridgehead atoms. The van der Waals surface area contributed by atoms with Crippen LogP contribution in [-0.4, -0.2) is 4.98 Å². The zero-order chi connectivity index (χ0) is 14.2. The second-order valence-corrected chi connectivity index (χ2v) is 5.51. The van der Waals surface area contributed by atoms with Gasteiger partial charge in [-0.15, -0.1) is 0 Å². The van der Waals surface area contributed by atoms with E-state index in [0.29, 0.717) is 5.92 Å². The van der Waals surface area contributed by atoms with Crippen molar-refractivity contribution < 1.29 is 8.78 Å². The number of H-pyrrole nitrogens is 1. The van der Waals surface area contributed by atoms with Gasteiger partial charge in [-0.3, -0.25) is 0 Å². The van der Waals surface area contributed by atoms with Crippen molar-refractivity contribution in [3.8, 4) is 11.3 Å². The van der Waals surface area contributed by atoms with Crippen LogP contribution in [0.25, 0.3) is 11.3 Å². The van der Waals surface area contributed by atoms with Gasteiger partial charge in [0.2, 0.25) is 0 Å². The molecule has 2 aromatic rings. The van der Waals surface area contributed by atoms with E-state index in [1.54, 1.807) is 0 Å². The van der Waals surface area contributed by atoms with Gasteiger partial charge in [0.15, 0.2) is 11.6 Å². The summed E-state index contributed by atoms with van der Waals surface area (Å²) >= 11 is 0. The van der Waals surface area contributed by atoms with Gasteiger partial charge >= 0.3 is 0 Å². The second kappa shape index (κ2) is 5.16. The molecule has 0 spiro atoms. The van der Waals surface area contributed by atoms with Crippen molar-refractivity contribution in [1.82, 2.24) is 4.98 Å². The van der Waals surface area contributed by atoms with E-state index in [9.17, 15) is 8.78 Å². The molecular formula is C16H19F2N. The number of hydrogen-bond acceptors (Lipinski definition) is 0. The van der Waals surface area contributed by atoms with Crippen molar-refractivity contribution in [1.29, 1.82) is 0 Å². The van der Waals surface area contributed by atoms with Gasteiger partial charge in [-0.1, -0.05) is 27.7 Å². The van der Waals surface area contributed by atoms with Crippen LogP contribution in [0.5, 0.6) is 0 Å². The topological polar surface area (TPSA) is 15.8 Å².